The minimum absolute atomic E-state index is 0.127. The monoisotopic (exact) mass is 369 g/mol. The van der Waals surface area contributed by atoms with Gasteiger partial charge in [-0.3, -0.25) is 4.79 Å². The van der Waals surface area contributed by atoms with Crippen molar-refractivity contribution in [1.29, 1.82) is 0 Å². The Morgan fingerprint density at radius 1 is 1.23 bits per heavy atom. The van der Waals surface area contributed by atoms with E-state index in [2.05, 4.69) is 20.3 Å². The van der Waals surface area contributed by atoms with Crippen molar-refractivity contribution < 1.29 is 9.18 Å². The fourth-order valence-corrected chi connectivity index (χ4v) is 3.62. The zero-order valence-corrected chi connectivity index (χ0v) is 14.8. The quantitative estimate of drug-likeness (QED) is 0.567. The van der Waals surface area contributed by atoms with Crippen LogP contribution in [0.3, 0.4) is 0 Å². The molecule has 4 aromatic rings. The highest BCUT2D eigenvalue weighted by Crippen LogP contribution is 2.29. The molecule has 8 heteroatoms. The number of aromatic amines is 1. The molecule has 0 saturated carbocycles. The summed E-state index contributed by atoms with van der Waals surface area (Å²) in [6.45, 7) is 0.442. The maximum atomic E-state index is 13.8. The van der Waals surface area contributed by atoms with Crippen LogP contribution < -0.4 is 10.2 Å². The minimum atomic E-state index is -0.354. The Morgan fingerprint density at radius 3 is 2.88 bits per heavy atom. The summed E-state index contributed by atoms with van der Waals surface area (Å²) in [7, 11) is 1.76. The van der Waals surface area contributed by atoms with E-state index in [1.54, 1.807) is 18.0 Å². The number of thiazole rings is 1. The Bertz CT molecular complexity index is 1060. The van der Waals surface area contributed by atoms with Gasteiger partial charge in [0.2, 0.25) is 5.91 Å². The van der Waals surface area contributed by atoms with Gasteiger partial charge >= 0.3 is 0 Å². The van der Waals surface area contributed by atoms with Gasteiger partial charge in [0.15, 0.2) is 5.13 Å². The van der Waals surface area contributed by atoms with Crippen LogP contribution in [-0.4, -0.2) is 34.5 Å². The van der Waals surface area contributed by atoms with E-state index in [-0.39, 0.29) is 18.3 Å². The number of halogens is 1. The summed E-state index contributed by atoms with van der Waals surface area (Å²) in [5, 5.41) is 3.44. The summed E-state index contributed by atoms with van der Waals surface area (Å²) in [6, 6.07) is 12.5. The fraction of sp³-hybridized carbons (Fsp3) is 0.167. The summed E-state index contributed by atoms with van der Waals surface area (Å²) in [5.74, 6) is 0.185. The normalized spacial score (nSPS) is 11.2. The Balaban J connectivity index is 1.39. The molecule has 2 heterocycles. The summed E-state index contributed by atoms with van der Waals surface area (Å²) in [5.41, 5.74) is 2.14. The highest BCUT2D eigenvalue weighted by molar-refractivity contribution is 7.22. The molecule has 0 aliphatic carbocycles. The number of hydrogen-bond donors (Lipinski definition) is 2. The lowest BCUT2D eigenvalue weighted by Gasteiger charge is -2.14. The van der Waals surface area contributed by atoms with Gasteiger partial charge in [0.1, 0.15) is 17.2 Å². The average molecular weight is 369 g/mol. The lowest BCUT2D eigenvalue weighted by Crippen LogP contribution is -2.35. The molecule has 0 aliphatic heterocycles. The van der Waals surface area contributed by atoms with Crippen molar-refractivity contribution in [3.8, 4) is 0 Å². The number of H-pyrrole nitrogens is 1. The first-order valence-corrected chi connectivity index (χ1v) is 8.88. The van der Waals surface area contributed by atoms with E-state index in [4.69, 9.17) is 0 Å². The van der Waals surface area contributed by atoms with Gasteiger partial charge in [0.25, 0.3) is 0 Å². The number of anilines is 1. The van der Waals surface area contributed by atoms with E-state index < -0.39 is 0 Å². The average Bonchev–Trinajstić information content (AvgIpc) is 3.24. The van der Waals surface area contributed by atoms with Gasteiger partial charge in [0, 0.05) is 7.05 Å². The molecule has 1 amide bonds. The van der Waals surface area contributed by atoms with Gasteiger partial charge in [-0.1, -0.05) is 29.5 Å². The maximum Gasteiger partial charge on any atom is 0.239 e. The molecule has 2 N–H and O–H groups in total. The van der Waals surface area contributed by atoms with Crippen molar-refractivity contribution in [2.24, 2.45) is 0 Å². The molecule has 0 saturated heterocycles. The first kappa shape index (κ1) is 16.5. The van der Waals surface area contributed by atoms with Gasteiger partial charge in [-0.2, -0.15) is 0 Å². The van der Waals surface area contributed by atoms with E-state index in [9.17, 15) is 9.18 Å². The van der Waals surface area contributed by atoms with Crippen molar-refractivity contribution in [2.75, 3.05) is 18.5 Å². The van der Waals surface area contributed by atoms with E-state index in [0.29, 0.717) is 23.0 Å². The standard InChI is InChI=1S/C18H16FN5OS/c1-24(18-23-17-11(19)5-4-8-14(17)26-18)10-16(25)20-9-15-21-12-6-2-3-7-13(12)22-15/h2-8H,9-10H2,1H3,(H,20,25)(H,21,22). The topological polar surface area (TPSA) is 73.9 Å². The molecule has 0 aliphatic rings. The SMILES string of the molecule is CN(CC(=O)NCc1nc2ccccc2[nH]1)c1nc2c(F)cccc2s1. The molecule has 0 radical (unpaired) electrons. The number of imidazole rings is 1. The zero-order chi connectivity index (χ0) is 18.1. The van der Waals surface area contributed by atoms with Crippen LogP contribution in [0.5, 0.6) is 0 Å². The molecule has 132 valence electrons. The molecule has 2 aromatic carbocycles. The molecule has 0 bridgehead atoms. The van der Waals surface area contributed by atoms with Gasteiger partial charge in [-0.15, -0.1) is 0 Å². The zero-order valence-electron chi connectivity index (χ0n) is 14.0. The van der Waals surface area contributed by atoms with Crippen LogP contribution in [-0.2, 0) is 11.3 Å². The van der Waals surface area contributed by atoms with Crippen molar-refractivity contribution in [3.05, 3.63) is 54.1 Å². The van der Waals surface area contributed by atoms with Crippen molar-refractivity contribution in [3.63, 3.8) is 0 Å². The summed E-state index contributed by atoms with van der Waals surface area (Å²) >= 11 is 1.36. The molecule has 0 fully saturated rings. The van der Waals surface area contributed by atoms with Crippen LogP contribution >= 0.6 is 11.3 Å². The Morgan fingerprint density at radius 2 is 2.08 bits per heavy atom. The molecule has 26 heavy (non-hydrogen) atoms. The molecule has 0 unspecified atom stereocenters. The van der Waals surface area contributed by atoms with E-state index in [0.717, 1.165) is 15.7 Å². The predicted octanol–water partition coefficient (Wildman–Crippen LogP) is 3.06. The molecule has 4 rings (SSSR count). The highest BCUT2D eigenvalue weighted by Gasteiger charge is 2.14. The Kier molecular flexibility index (Phi) is 4.26. The number of carbonyl (C=O) groups excluding carboxylic acids is 1. The third-order valence-electron chi connectivity index (χ3n) is 3.96. The van der Waals surface area contributed by atoms with Gasteiger partial charge in [-0.05, 0) is 24.3 Å². The summed E-state index contributed by atoms with van der Waals surface area (Å²) in [6.07, 6.45) is 0. The number of para-hydroxylation sites is 3. The van der Waals surface area contributed by atoms with Crippen LogP contribution in [0.15, 0.2) is 42.5 Å². The molecule has 0 atom stereocenters. The number of amides is 1. The summed E-state index contributed by atoms with van der Waals surface area (Å²) in [4.78, 5) is 25.8. The third-order valence-corrected chi connectivity index (χ3v) is 5.09. The molecule has 6 nitrogen and oxygen atoms in total. The molecule has 0 spiro atoms. The number of hydrogen-bond acceptors (Lipinski definition) is 5. The van der Waals surface area contributed by atoms with Gasteiger partial charge in [0.05, 0.1) is 28.8 Å². The lowest BCUT2D eigenvalue weighted by atomic mass is 10.3. The highest BCUT2D eigenvalue weighted by atomic mass is 32.1. The van der Waals surface area contributed by atoms with E-state index in [1.165, 1.54) is 17.4 Å². The van der Waals surface area contributed by atoms with E-state index >= 15 is 0 Å². The van der Waals surface area contributed by atoms with Crippen molar-refractivity contribution in [1.82, 2.24) is 20.3 Å². The number of likely N-dealkylation sites (N-methyl/N-ethyl adjacent to an activating group) is 1. The molecule has 2 aromatic heterocycles. The van der Waals surface area contributed by atoms with E-state index in [1.807, 2.05) is 30.3 Å². The molecular weight excluding hydrogens is 353 g/mol. The number of fused-ring (bicyclic) bond motifs is 2. The van der Waals surface area contributed by atoms with Crippen LogP contribution in [0.2, 0.25) is 0 Å². The largest absolute Gasteiger partial charge is 0.347 e. The second-order valence-electron chi connectivity index (χ2n) is 5.92. The number of carbonyl (C=O) groups is 1. The first-order valence-electron chi connectivity index (χ1n) is 8.06. The maximum absolute atomic E-state index is 13.8. The smallest absolute Gasteiger partial charge is 0.239 e. The number of benzene rings is 2. The van der Waals surface area contributed by atoms with Crippen molar-refractivity contribution in [2.45, 2.75) is 6.54 Å². The minimum Gasteiger partial charge on any atom is -0.347 e. The summed E-state index contributed by atoms with van der Waals surface area (Å²) < 4.78 is 14.5. The first-order chi connectivity index (χ1) is 12.6. The predicted molar refractivity (Wildman–Crippen MR) is 101 cm³/mol. The molecular formula is C18H16FN5OS. The number of aromatic nitrogens is 3. The number of rotatable bonds is 5. The van der Waals surface area contributed by atoms with Crippen LogP contribution in [0, 0.1) is 5.82 Å². The van der Waals surface area contributed by atoms with Gasteiger partial charge < -0.3 is 15.2 Å². The Hall–Kier alpha value is -3.00. The Labute approximate surface area is 152 Å². The second kappa shape index (κ2) is 6.72. The third kappa shape index (κ3) is 3.23. The lowest BCUT2D eigenvalue weighted by molar-refractivity contribution is -0.119. The van der Waals surface area contributed by atoms with Crippen molar-refractivity contribution >= 4 is 43.6 Å². The number of nitrogens with zero attached hydrogens (tertiary/aromatic N) is 3. The second-order valence-corrected chi connectivity index (χ2v) is 6.93. The van der Waals surface area contributed by atoms with Gasteiger partial charge in [-0.25, -0.2) is 14.4 Å². The number of nitrogens with one attached hydrogen (secondary N) is 2. The fourth-order valence-electron chi connectivity index (χ4n) is 2.68. The van der Waals surface area contributed by atoms with Crippen LogP contribution in [0.4, 0.5) is 9.52 Å². The van der Waals surface area contributed by atoms with Crippen LogP contribution in [0.1, 0.15) is 5.82 Å². The van der Waals surface area contributed by atoms with Crippen LogP contribution in [0.25, 0.3) is 21.3 Å².